The monoisotopic (exact) mass is 387 g/mol. The van der Waals surface area contributed by atoms with Gasteiger partial charge < -0.3 is 9.30 Å². The van der Waals surface area contributed by atoms with Crippen molar-refractivity contribution in [1.29, 1.82) is 0 Å². The summed E-state index contributed by atoms with van der Waals surface area (Å²) in [5.41, 5.74) is 1.26. The Kier molecular flexibility index (Phi) is 6.46. The average Bonchev–Trinajstić information content (AvgIpc) is 2.87. The maximum Gasteiger partial charge on any atom is 0.433 e. The summed E-state index contributed by atoms with van der Waals surface area (Å²) in [6, 6.07) is 2.66. The molecule has 5 nitrogen and oxygen atoms in total. The molecular weight excluding hydrogens is 367 g/mol. The van der Waals surface area contributed by atoms with Gasteiger partial charge in [-0.15, -0.1) is 0 Å². The third kappa shape index (κ3) is 4.64. The fraction of sp³-hybridized carbons (Fsp3) is 0.471. The largest absolute Gasteiger partial charge is 0.433 e. The van der Waals surface area contributed by atoms with Crippen LogP contribution in [0.4, 0.5) is 13.2 Å². The number of methoxy groups -OCH3 is 1. The summed E-state index contributed by atoms with van der Waals surface area (Å²) in [4.78, 5) is 19.8. The molecule has 0 aliphatic heterocycles. The molecule has 1 unspecified atom stereocenters. The first kappa shape index (κ1) is 20.4. The average molecular weight is 387 g/mol. The molecule has 1 atom stereocenters. The SMILES string of the molecule is COCC(C)n1c(C)cc(C(=O)CSc2nccc(C(F)(F)F)n2)c1C. The van der Waals surface area contributed by atoms with Crippen molar-refractivity contribution in [3.63, 3.8) is 0 Å². The fourth-order valence-electron chi connectivity index (χ4n) is 2.83. The van der Waals surface area contributed by atoms with Gasteiger partial charge in [0.25, 0.3) is 0 Å². The molecule has 2 heterocycles. The van der Waals surface area contributed by atoms with E-state index < -0.39 is 11.9 Å². The van der Waals surface area contributed by atoms with E-state index in [1.54, 1.807) is 13.2 Å². The van der Waals surface area contributed by atoms with Crippen molar-refractivity contribution in [2.45, 2.75) is 38.1 Å². The Morgan fingerprint density at radius 1 is 1.38 bits per heavy atom. The second-order valence-corrected chi connectivity index (χ2v) is 6.84. The number of ether oxygens (including phenoxy) is 1. The molecule has 0 bridgehead atoms. The Labute approximate surface area is 154 Å². The first-order valence-electron chi connectivity index (χ1n) is 7.88. The van der Waals surface area contributed by atoms with E-state index in [0.29, 0.717) is 12.2 Å². The topological polar surface area (TPSA) is 57.0 Å². The lowest BCUT2D eigenvalue weighted by Gasteiger charge is -2.17. The zero-order chi connectivity index (χ0) is 19.5. The first-order chi connectivity index (χ1) is 12.1. The highest BCUT2D eigenvalue weighted by atomic mass is 32.2. The summed E-state index contributed by atoms with van der Waals surface area (Å²) < 4.78 is 45.3. The molecule has 0 amide bonds. The lowest BCUT2D eigenvalue weighted by molar-refractivity contribution is -0.141. The summed E-state index contributed by atoms with van der Waals surface area (Å²) >= 11 is 0.890. The zero-order valence-corrected chi connectivity index (χ0v) is 15.7. The van der Waals surface area contributed by atoms with E-state index in [2.05, 4.69) is 9.97 Å². The van der Waals surface area contributed by atoms with Crippen LogP contribution in [0, 0.1) is 13.8 Å². The number of carbonyl (C=O) groups is 1. The predicted octanol–water partition coefficient (Wildman–Crippen LogP) is 4.10. The van der Waals surface area contributed by atoms with E-state index >= 15 is 0 Å². The number of ketones is 1. The Balaban J connectivity index is 2.13. The smallest absolute Gasteiger partial charge is 0.383 e. The minimum Gasteiger partial charge on any atom is -0.383 e. The number of halogens is 3. The molecule has 0 aliphatic rings. The standard InChI is InChI=1S/C17H20F3N3O2S/c1-10-7-13(12(3)23(10)11(2)8-25-4)14(24)9-26-16-21-6-5-15(22-16)17(18,19)20/h5-7,11H,8-9H2,1-4H3. The van der Waals surface area contributed by atoms with Crippen LogP contribution >= 0.6 is 11.8 Å². The molecule has 2 aromatic heterocycles. The number of hydrogen-bond donors (Lipinski definition) is 0. The molecule has 2 rings (SSSR count). The first-order valence-corrected chi connectivity index (χ1v) is 8.87. The van der Waals surface area contributed by atoms with Crippen molar-refractivity contribution in [3.05, 3.63) is 41.0 Å². The number of aromatic nitrogens is 3. The Hall–Kier alpha value is -1.87. The van der Waals surface area contributed by atoms with Crippen molar-refractivity contribution in [3.8, 4) is 0 Å². The van der Waals surface area contributed by atoms with Gasteiger partial charge in [-0.25, -0.2) is 9.97 Å². The molecule has 0 saturated heterocycles. The van der Waals surface area contributed by atoms with Crippen molar-refractivity contribution in [2.75, 3.05) is 19.5 Å². The molecule has 0 aliphatic carbocycles. The van der Waals surface area contributed by atoms with E-state index in [1.165, 1.54) is 0 Å². The van der Waals surface area contributed by atoms with Crippen LogP contribution in [0.2, 0.25) is 0 Å². The third-order valence-electron chi connectivity index (χ3n) is 3.89. The van der Waals surface area contributed by atoms with Gasteiger partial charge in [-0.3, -0.25) is 4.79 Å². The molecular formula is C17H20F3N3O2S. The molecule has 9 heteroatoms. The van der Waals surface area contributed by atoms with E-state index in [-0.39, 0.29) is 22.7 Å². The number of thioether (sulfide) groups is 1. The Bertz CT molecular complexity index is 790. The number of rotatable bonds is 7. The number of Topliss-reactive ketones (excluding diaryl/α,β-unsaturated/α-hetero) is 1. The van der Waals surface area contributed by atoms with Crippen LogP contribution in [0.15, 0.2) is 23.5 Å². The summed E-state index contributed by atoms with van der Waals surface area (Å²) in [6.45, 7) is 6.25. The quantitative estimate of drug-likeness (QED) is 0.407. The number of alkyl halides is 3. The minimum absolute atomic E-state index is 0.0374. The van der Waals surface area contributed by atoms with Crippen molar-refractivity contribution < 1.29 is 22.7 Å². The Morgan fingerprint density at radius 2 is 2.08 bits per heavy atom. The van der Waals surface area contributed by atoms with Crippen LogP contribution in [-0.4, -0.2) is 39.8 Å². The second kappa shape index (κ2) is 8.22. The van der Waals surface area contributed by atoms with E-state index in [0.717, 1.165) is 35.4 Å². The number of carbonyl (C=O) groups excluding carboxylic acids is 1. The van der Waals surface area contributed by atoms with Gasteiger partial charge in [-0.2, -0.15) is 13.2 Å². The van der Waals surface area contributed by atoms with Gasteiger partial charge >= 0.3 is 6.18 Å². The van der Waals surface area contributed by atoms with Crippen molar-refractivity contribution >= 4 is 17.5 Å². The van der Waals surface area contributed by atoms with Crippen LogP contribution in [0.3, 0.4) is 0 Å². The molecule has 0 N–H and O–H groups in total. The Morgan fingerprint density at radius 3 is 2.69 bits per heavy atom. The molecule has 2 aromatic rings. The van der Waals surface area contributed by atoms with Gasteiger partial charge in [0.2, 0.25) is 0 Å². The molecule has 0 aromatic carbocycles. The second-order valence-electron chi connectivity index (χ2n) is 5.89. The van der Waals surface area contributed by atoms with Gasteiger partial charge in [-0.1, -0.05) is 11.8 Å². The number of hydrogen-bond acceptors (Lipinski definition) is 5. The highest BCUT2D eigenvalue weighted by Crippen LogP contribution is 2.29. The minimum atomic E-state index is -4.54. The molecule has 0 fully saturated rings. The van der Waals surface area contributed by atoms with E-state index in [4.69, 9.17) is 4.74 Å². The van der Waals surface area contributed by atoms with Gasteiger partial charge in [0.15, 0.2) is 10.9 Å². The predicted molar refractivity (Wildman–Crippen MR) is 92.6 cm³/mol. The zero-order valence-electron chi connectivity index (χ0n) is 14.9. The number of aryl methyl sites for hydroxylation is 1. The third-order valence-corrected chi connectivity index (χ3v) is 4.75. The van der Waals surface area contributed by atoms with Gasteiger partial charge in [0.05, 0.1) is 18.4 Å². The lowest BCUT2D eigenvalue weighted by atomic mass is 10.2. The van der Waals surface area contributed by atoms with Crippen LogP contribution in [0.5, 0.6) is 0 Å². The van der Waals surface area contributed by atoms with Gasteiger partial charge in [0.1, 0.15) is 5.69 Å². The van der Waals surface area contributed by atoms with Gasteiger partial charge in [0, 0.05) is 30.3 Å². The summed E-state index contributed by atoms with van der Waals surface area (Å²) in [6.07, 6.45) is -3.49. The summed E-state index contributed by atoms with van der Waals surface area (Å²) in [5, 5.41) is -0.0743. The number of nitrogens with zero attached hydrogens (tertiary/aromatic N) is 3. The normalized spacial score (nSPS) is 13.0. The lowest BCUT2D eigenvalue weighted by Crippen LogP contribution is -2.15. The maximum atomic E-state index is 12.7. The summed E-state index contributed by atoms with van der Waals surface area (Å²) in [7, 11) is 1.61. The van der Waals surface area contributed by atoms with E-state index in [1.807, 2.05) is 25.3 Å². The van der Waals surface area contributed by atoms with Crippen LogP contribution in [0.25, 0.3) is 0 Å². The molecule has 26 heavy (non-hydrogen) atoms. The van der Waals surface area contributed by atoms with Crippen LogP contribution in [0.1, 0.15) is 40.4 Å². The van der Waals surface area contributed by atoms with Gasteiger partial charge in [-0.05, 0) is 32.9 Å². The highest BCUT2D eigenvalue weighted by Gasteiger charge is 2.32. The van der Waals surface area contributed by atoms with E-state index in [9.17, 15) is 18.0 Å². The highest BCUT2D eigenvalue weighted by molar-refractivity contribution is 7.99. The van der Waals surface area contributed by atoms with Crippen molar-refractivity contribution in [1.82, 2.24) is 14.5 Å². The molecule has 0 radical (unpaired) electrons. The van der Waals surface area contributed by atoms with Crippen molar-refractivity contribution in [2.24, 2.45) is 0 Å². The summed E-state index contributed by atoms with van der Waals surface area (Å²) in [5.74, 6) is -0.218. The molecule has 0 spiro atoms. The fourth-order valence-corrected chi connectivity index (χ4v) is 3.54. The molecule has 0 saturated carbocycles. The van der Waals surface area contributed by atoms with Crippen LogP contribution in [-0.2, 0) is 10.9 Å². The maximum absolute atomic E-state index is 12.7. The van der Waals surface area contributed by atoms with Crippen LogP contribution < -0.4 is 0 Å². The molecule has 142 valence electrons.